The van der Waals surface area contributed by atoms with Gasteiger partial charge in [0.2, 0.25) is 5.75 Å². The maximum absolute atomic E-state index is 12.9. The summed E-state index contributed by atoms with van der Waals surface area (Å²) in [5, 5.41) is 10.3. The fourth-order valence-electron chi connectivity index (χ4n) is 3.21. The molecule has 10 heteroatoms. The quantitative estimate of drug-likeness (QED) is 0.235. The molecular formula is C24H26N2O7S. The van der Waals surface area contributed by atoms with Crippen molar-refractivity contribution < 1.29 is 32.5 Å². The van der Waals surface area contributed by atoms with E-state index in [0.29, 0.717) is 34.1 Å². The molecule has 0 radical (unpaired) electrons. The lowest BCUT2D eigenvalue weighted by Crippen LogP contribution is -2.14. The molecule has 0 saturated carbocycles. The Bertz CT molecular complexity index is 1280. The van der Waals surface area contributed by atoms with Crippen LogP contribution in [-0.4, -0.2) is 42.0 Å². The lowest BCUT2D eigenvalue weighted by molar-refractivity contribution is 0.324. The number of aromatic hydroxyl groups is 1. The molecule has 0 atom stereocenters. The fraction of sp³-hybridized carbons (Fsp3) is 0.167. The molecule has 0 unspecified atom stereocenters. The third-order valence-electron chi connectivity index (χ3n) is 4.93. The third kappa shape index (κ3) is 5.29. The maximum atomic E-state index is 12.9. The standard InChI is InChI=1S/C24H26N2O7S/c1-30-21-14-19(26-34(28,29)18-9-7-17(25)8-10-18)16(13-20(21)27)6-5-15-11-22(31-2)24(33-4)23(12-15)32-3/h5-14,26-27H,25H2,1-4H3. The van der Waals surface area contributed by atoms with Gasteiger partial charge in [-0.05, 0) is 48.0 Å². The van der Waals surface area contributed by atoms with Gasteiger partial charge in [-0.25, -0.2) is 8.42 Å². The highest BCUT2D eigenvalue weighted by Gasteiger charge is 2.18. The monoisotopic (exact) mass is 486 g/mol. The second-order valence-corrected chi connectivity index (χ2v) is 8.76. The van der Waals surface area contributed by atoms with Gasteiger partial charge in [0.15, 0.2) is 23.0 Å². The Morgan fingerprint density at radius 2 is 1.41 bits per heavy atom. The van der Waals surface area contributed by atoms with E-state index in [1.807, 2.05) is 0 Å². The fourth-order valence-corrected chi connectivity index (χ4v) is 4.29. The van der Waals surface area contributed by atoms with E-state index < -0.39 is 10.0 Å². The van der Waals surface area contributed by atoms with E-state index in [2.05, 4.69) is 4.72 Å². The van der Waals surface area contributed by atoms with Crippen LogP contribution in [0.1, 0.15) is 11.1 Å². The number of hydrogen-bond donors (Lipinski definition) is 3. The second-order valence-electron chi connectivity index (χ2n) is 7.08. The van der Waals surface area contributed by atoms with Crippen LogP contribution in [0.15, 0.2) is 53.4 Å². The van der Waals surface area contributed by atoms with Crippen LogP contribution in [0.2, 0.25) is 0 Å². The zero-order valence-corrected chi connectivity index (χ0v) is 20.0. The molecule has 0 aliphatic carbocycles. The lowest BCUT2D eigenvalue weighted by Gasteiger charge is -2.14. The highest BCUT2D eigenvalue weighted by atomic mass is 32.2. The van der Waals surface area contributed by atoms with Crippen molar-refractivity contribution in [1.29, 1.82) is 0 Å². The summed E-state index contributed by atoms with van der Waals surface area (Å²) in [6, 6.07) is 12.1. The molecule has 4 N–H and O–H groups in total. The van der Waals surface area contributed by atoms with E-state index in [9.17, 15) is 13.5 Å². The molecule has 9 nitrogen and oxygen atoms in total. The van der Waals surface area contributed by atoms with Gasteiger partial charge >= 0.3 is 0 Å². The molecular weight excluding hydrogens is 460 g/mol. The molecule has 0 aliphatic rings. The summed E-state index contributed by atoms with van der Waals surface area (Å²) >= 11 is 0. The molecule has 3 rings (SSSR count). The first-order chi connectivity index (χ1) is 16.2. The Balaban J connectivity index is 2.04. The van der Waals surface area contributed by atoms with Crippen LogP contribution in [0.5, 0.6) is 28.7 Å². The number of rotatable bonds is 9. The van der Waals surface area contributed by atoms with Gasteiger partial charge in [0, 0.05) is 17.3 Å². The molecule has 0 spiro atoms. The molecule has 3 aromatic rings. The van der Waals surface area contributed by atoms with Gasteiger partial charge in [0.05, 0.1) is 39.0 Å². The molecule has 0 aromatic heterocycles. The van der Waals surface area contributed by atoms with Crippen molar-refractivity contribution in [1.82, 2.24) is 0 Å². The number of methoxy groups -OCH3 is 4. The van der Waals surface area contributed by atoms with Gasteiger partial charge in [-0.15, -0.1) is 0 Å². The number of hydrogen-bond acceptors (Lipinski definition) is 8. The van der Waals surface area contributed by atoms with E-state index in [4.69, 9.17) is 24.7 Å². The number of sulfonamides is 1. The Morgan fingerprint density at radius 3 is 1.94 bits per heavy atom. The van der Waals surface area contributed by atoms with Crippen LogP contribution in [0.25, 0.3) is 12.2 Å². The summed E-state index contributed by atoms with van der Waals surface area (Å²) in [6.07, 6.45) is 3.35. The number of anilines is 2. The van der Waals surface area contributed by atoms with Crippen LogP contribution in [-0.2, 0) is 10.0 Å². The zero-order valence-electron chi connectivity index (χ0n) is 19.2. The molecule has 0 saturated heterocycles. The largest absolute Gasteiger partial charge is 0.504 e. The minimum absolute atomic E-state index is 0.0355. The third-order valence-corrected chi connectivity index (χ3v) is 6.31. The molecule has 0 amide bonds. The average Bonchev–Trinajstić information content (AvgIpc) is 2.83. The summed E-state index contributed by atoms with van der Waals surface area (Å²) in [6.45, 7) is 0. The van der Waals surface area contributed by atoms with Crippen LogP contribution in [0, 0.1) is 0 Å². The van der Waals surface area contributed by atoms with E-state index in [1.165, 1.54) is 64.8 Å². The molecule has 0 bridgehead atoms. The predicted octanol–water partition coefficient (Wildman–Crippen LogP) is 3.98. The number of phenolic OH excluding ortho intramolecular Hbond substituents is 1. The number of nitrogen functional groups attached to an aromatic ring is 1. The van der Waals surface area contributed by atoms with Crippen molar-refractivity contribution in [3.8, 4) is 28.7 Å². The van der Waals surface area contributed by atoms with Crippen molar-refractivity contribution in [2.75, 3.05) is 38.9 Å². The number of benzene rings is 3. The van der Waals surface area contributed by atoms with Crippen LogP contribution >= 0.6 is 0 Å². The smallest absolute Gasteiger partial charge is 0.261 e. The SMILES string of the molecule is COc1cc(NS(=O)(=O)c2ccc(N)cc2)c(C=Cc2cc(OC)c(OC)c(OC)c2)cc1O. The first-order valence-corrected chi connectivity index (χ1v) is 11.5. The summed E-state index contributed by atoms with van der Waals surface area (Å²) in [4.78, 5) is 0.0355. The Hall–Kier alpha value is -4.05. The zero-order chi connectivity index (χ0) is 24.9. The minimum Gasteiger partial charge on any atom is -0.504 e. The van der Waals surface area contributed by atoms with Gasteiger partial charge in [0.25, 0.3) is 10.0 Å². The first kappa shape index (κ1) is 24.6. The van der Waals surface area contributed by atoms with Gasteiger partial charge in [-0.2, -0.15) is 0 Å². The number of phenols is 1. The molecule has 0 heterocycles. The van der Waals surface area contributed by atoms with Crippen LogP contribution in [0.4, 0.5) is 11.4 Å². The summed E-state index contributed by atoms with van der Waals surface area (Å²) in [5.74, 6) is 1.33. The van der Waals surface area contributed by atoms with E-state index in [1.54, 1.807) is 24.3 Å². The second kappa shape index (κ2) is 10.3. The summed E-state index contributed by atoms with van der Waals surface area (Å²) in [7, 11) is 1.97. The first-order valence-electron chi connectivity index (χ1n) is 9.99. The average molecular weight is 487 g/mol. The number of nitrogens with one attached hydrogen (secondary N) is 1. The lowest BCUT2D eigenvalue weighted by atomic mass is 10.1. The molecule has 0 fully saturated rings. The Morgan fingerprint density at radius 1 is 0.824 bits per heavy atom. The van der Waals surface area contributed by atoms with Gasteiger partial charge in [0.1, 0.15) is 0 Å². The van der Waals surface area contributed by atoms with Crippen molar-refractivity contribution in [3.05, 3.63) is 59.7 Å². The van der Waals surface area contributed by atoms with E-state index >= 15 is 0 Å². The van der Waals surface area contributed by atoms with Gasteiger partial charge in [-0.3, -0.25) is 4.72 Å². The minimum atomic E-state index is -3.94. The maximum Gasteiger partial charge on any atom is 0.261 e. The molecule has 180 valence electrons. The van der Waals surface area contributed by atoms with Crippen molar-refractivity contribution in [3.63, 3.8) is 0 Å². The van der Waals surface area contributed by atoms with Crippen LogP contribution < -0.4 is 29.4 Å². The highest BCUT2D eigenvalue weighted by molar-refractivity contribution is 7.92. The van der Waals surface area contributed by atoms with Crippen molar-refractivity contribution in [2.45, 2.75) is 4.90 Å². The molecule has 3 aromatic carbocycles. The highest BCUT2D eigenvalue weighted by Crippen LogP contribution is 2.39. The van der Waals surface area contributed by atoms with Crippen LogP contribution in [0.3, 0.4) is 0 Å². The predicted molar refractivity (Wildman–Crippen MR) is 131 cm³/mol. The van der Waals surface area contributed by atoms with Crippen molar-refractivity contribution >= 4 is 33.6 Å². The molecule has 34 heavy (non-hydrogen) atoms. The number of nitrogens with two attached hydrogens (primary N) is 1. The summed E-state index contributed by atoms with van der Waals surface area (Å²) in [5.41, 5.74) is 7.40. The van der Waals surface area contributed by atoms with Crippen molar-refractivity contribution in [2.24, 2.45) is 0 Å². The Labute approximate surface area is 198 Å². The topological polar surface area (TPSA) is 129 Å². The van der Waals surface area contributed by atoms with E-state index in [-0.39, 0.29) is 22.1 Å². The van der Waals surface area contributed by atoms with Gasteiger partial charge in [-0.1, -0.05) is 12.2 Å². The normalized spacial score (nSPS) is 11.3. The number of ether oxygens (including phenoxy) is 4. The van der Waals surface area contributed by atoms with E-state index in [0.717, 1.165) is 0 Å². The molecule has 0 aliphatic heterocycles. The Kier molecular flexibility index (Phi) is 7.42. The van der Waals surface area contributed by atoms with Gasteiger partial charge < -0.3 is 29.8 Å². The summed E-state index contributed by atoms with van der Waals surface area (Å²) < 4.78 is 49.6.